The van der Waals surface area contributed by atoms with Crippen molar-refractivity contribution in [1.82, 2.24) is 5.32 Å². The number of rotatable bonds is 4. The first kappa shape index (κ1) is 16.7. The van der Waals surface area contributed by atoms with Crippen LogP contribution < -0.4 is 5.32 Å². The van der Waals surface area contributed by atoms with E-state index in [0.29, 0.717) is 5.56 Å². The van der Waals surface area contributed by atoms with Crippen molar-refractivity contribution < 1.29 is 14.3 Å². The third-order valence-electron chi connectivity index (χ3n) is 2.40. The number of amides is 1. The Morgan fingerprint density at radius 3 is 2.55 bits per heavy atom. The highest BCUT2D eigenvalue weighted by Crippen LogP contribution is 2.14. The zero-order chi connectivity index (χ0) is 15.3. The fraction of sp³-hybridized carbons (Fsp3) is 0.467. The fourth-order valence-electron chi connectivity index (χ4n) is 1.62. The molecule has 0 spiro atoms. The highest BCUT2D eigenvalue weighted by molar-refractivity contribution is 9.10. The van der Waals surface area contributed by atoms with Gasteiger partial charge in [0.2, 0.25) is 0 Å². The Bertz CT molecular complexity index is 494. The van der Waals surface area contributed by atoms with Crippen LogP contribution in [0.3, 0.4) is 0 Å². The predicted molar refractivity (Wildman–Crippen MR) is 81.9 cm³/mol. The van der Waals surface area contributed by atoms with Gasteiger partial charge in [-0.2, -0.15) is 0 Å². The first-order valence-corrected chi connectivity index (χ1v) is 7.25. The molecule has 0 aliphatic heterocycles. The van der Waals surface area contributed by atoms with Crippen LogP contribution in [-0.4, -0.2) is 23.5 Å². The number of benzene rings is 1. The van der Waals surface area contributed by atoms with Crippen molar-refractivity contribution in [2.24, 2.45) is 0 Å². The zero-order valence-electron chi connectivity index (χ0n) is 12.2. The third kappa shape index (κ3) is 6.19. The second-order valence-corrected chi connectivity index (χ2v) is 6.60. The van der Waals surface area contributed by atoms with Crippen molar-refractivity contribution >= 4 is 27.8 Å². The zero-order valence-corrected chi connectivity index (χ0v) is 13.8. The summed E-state index contributed by atoms with van der Waals surface area (Å²) in [6, 6.07) is 6.91. The maximum absolute atomic E-state index is 12.1. The third-order valence-corrected chi connectivity index (χ3v) is 2.89. The Hall–Kier alpha value is -1.36. The maximum Gasteiger partial charge on any atom is 0.407 e. The van der Waals surface area contributed by atoms with Crippen molar-refractivity contribution in [3.63, 3.8) is 0 Å². The quantitative estimate of drug-likeness (QED) is 0.844. The van der Waals surface area contributed by atoms with Crippen LogP contribution in [0.1, 0.15) is 44.5 Å². The van der Waals surface area contributed by atoms with Crippen LogP contribution in [0.2, 0.25) is 0 Å². The monoisotopic (exact) mass is 341 g/mol. The number of carbonyl (C=O) groups is 2. The summed E-state index contributed by atoms with van der Waals surface area (Å²) in [5.74, 6) is -0.0186. The summed E-state index contributed by atoms with van der Waals surface area (Å²) >= 11 is 3.33. The van der Waals surface area contributed by atoms with E-state index in [4.69, 9.17) is 4.74 Å². The number of alkyl carbamates (subject to hydrolysis) is 1. The summed E-state index contributed by atoms with van der Waals surface area (Å²) in [6.45, 7) is 7.16. The molecule has 0 aliphatic carbocycles. The lowest BCUT2D eigenvalue weighted by molar-refractivity contribution is 0.0506. The highest BCUT2D eigenvalue weighted by atomic mass is 79.9. The molecule has 1 N–H and O–H groups in total. The SMILES string of the molecule is CC(CC(=O)c1cccc(Br)c1)NC(=O)OC(C)(C)C. The van der Waals surface area contributed by atoms with Gasteiger partial charge in [0.15, 0.2) is 5.78 Å². The number of hydrogen-bond acceptors (Lipinski definition) is 3. The minimum Gasteiger partial charge on any atom is -0.444 e. The molecular weight excluding hydrogens is 322 g/mol. The van der Waals surface area contributed by atoms with Crippen molar-refractivity contribution in [3.8, 4) is 0 Å². The van der Waals surface area contributed by atoms with E-state index in [-0.39, 0.29) is 18.2 Å². The van der Waals surface area contributed by atoms with Gasteiger partial charge in [0.05, 0.1) is 0 Å². The average Bonchev–Trinajstić information content (AvgIpc) is 2.25. The van der Waals surface area contributed by atoms with Gasteiger partial charge >= 0.3 is 6.09 Å². The largest absolute Gasteiger partial charge is 0.444 e. The van der Waals surface area contributed by atoms with Gasteiger partial charge in [-0.25, -0.2) is 4.79 Å². The number of ketones is 1. The van der Waals surface area contributed by atoms with Crippen molar-refractivity contribution in [1.29, 1.82) is 0 Å². The smallest absolute Gasteiger partial charge is 0.407 e. The van der Waals surface area contributed by atoms with Gasteiger partial charge in [-0.05, 0) is 39.8 Å². The molecular formula is C15H20BrNO3. The molecule has 1 rings (SSSR count). The van der Waals surface area contributed by atoms with Crippen LogP contribution in [0.15, 0.2) is 28.7 Å². The molecule has 0 heterocycles. The van der Waals surface area contributed by atoms with Crippen LogP contribution in [0.5, 0.6) is 0 Å². The van der Waals surface area contributed by atoms with Gasteiger partial charge in [-0.15, -0.1) is 0 Å². The molecule has 0 radical (unpaired) electrons. The lowest BCUT2D eigenvalue weighted by Gasteiger charge is -2.21. The molecule has 0 bridgehead atoms. The molecule has 0 aromatic heterocycles. The van der Waals surface area contributed by atoms with Crippen LogP contribution in [0, 0.1) is 0 Å². The first-order valence-electron chi connectivity index (χ1n) is 6.45. The molecule has 0 aliphatic rings. The van der Waals surface area contributed by atoms with E-state index < -0.39 is 11.7 Å². The predicted octanol–water partition coefficient (Wildman–Crippen LogP) is 3.94. The van der Waals surface area contributed by atoms with E-state index in [9.17, 15) is 9.59 Å². The van der Waals surface area contributed by atoms with E-state index >= 15 is 0 Å². The number of Topliss-reactive ketones (excluding diaryl/α,β-unsaturated/α-hetero) is 1. The first-order chi connectivity index (χ1) is 9.17. The van der Waals surface area contributed by atoms with Gasteiger partial charge in [0.25, 0.3) is 0 Å². The van der Waals surface area contributed by atoms with E-state index in [2.05, 4.69) is 21.2 Å². The second-order valence-electron chi connectivity index (χ2n) is 5.68. The summed E-state index contributed by atoms with van der Waals surface area (Å²) < 4.78 is 6.00. The second kappa shape index (κ2) is 6.88. The molecule has 4 nitrogen and oxygen atoms in total. The number of ether oxygens (including phenoxy) is 1. The molecule has 0 saturated carbocycles. The Morgan fingerprint density at radius 2 is 2.00 bits per heavy atom. The highest BCUT2D eigenvalue weighted by Gasteiger charge is 2.19. The number of carbonyl (C=O) groups excluding carboxylic acids is 2. The van der Waals surface area contributed by atoms with Crippen LogP contribution >= 0.6 is 15.9 Å². The van der Waals surface area contributed by atoms with Gasteiger partial charge in [-0.3, -0.25) is 4.79 Å². The van der Waals surface area contributed by atoms with Crippen LogP contribution in [0.4, 0.5) is 4.79 Å². The lowest BCUT2D eigenvalue weighted by Crippen LogP contribution is -2.38. The van der Waals surface area contributed by atoms with Crippen molar-refractivity contribution in [2.45, 2.75) is 45.8 Å². The number of halogens is 1. The number of hydrogen-bond donors (Lipinski definition) is 1. The van der Waals surface area contributed by atoms with E-state index in [0.717, 1.165) is 4.47 Å². The van der Waals surface area contributed by atoms with Crippen LogP contribution in [-0.2, 0) is 4.74 Å². The van der Waals surface area contributed by atoms with Gasteiger partial charge in [-0.1, -0.05) is 28.1 Å². The van der Waals surface area contributed by atoms with E-state index in [1.807, 2.05) is 12.1 Å². The summed E-state index contributed by atoms with van der Waals surface area (Å²) in [5.41, 5.74) is 0.0789. The molecule has 110 valence electrons. The van der Waals surface area contributed by atoms with Gasteiger partial charge < -0.3 is 10.1 Å². The Labute approximate surface area is 128 Å². The van der Waals surface area contributed by atoms with Gasteiger partial charge in [0.1, 0.15) is 5.60 Å². The summed E-state index contributed by atoms with van der Waals surface area (Å²) in [7, 11) is 0. The Kier molecular flexibility index (Phi) is 5.74. The summed E-state index contributed by atoms with van der Waals surface area (Å²) in [6.07, 6.45) is -0.276. The van der Waals surface area contributed by atoms with Crippen molar-refractivity contribution in [2.75, 3.05) is 0 Å². The topological polar surface area (TPSA) is 55.4 Å². The minimum atomic E-state index is -0.544. The van der Waals surface area contributed by atoms with Crippen molar-refractivity contribution in [3.05, 3.63) is 34.3 Å². The Morgan fingerprint density at radius 1 is 1.35 bits per heavy atom. The van der Waals surface area contributed by atoms with E-state index in [1.54, 1.807) is 39.8 Å². The van der Waals surface area contributed by atoms with Crippen LogP contribution in [0.25, 0.3) is 0 Å². The molecule has 1 amide bonds. The average molecular weight is 342 g/mol. The molecule has 0 fully saturated rings. The normalized spacial score (nSPS) is 12.7. The van der Waals surface area contributed by atoms with E-state index in [1.165, 1.54) is 0 Å². The van der Waals surface area contributed by atoms with Gasteiger partial charge in [0, 0.05) is 22.5 Å². The maximum atomic E-state index is 12.1. The molecule has 1 atom stereocenters. The molecule has 1 aromatic rings. The summed E-state index contributed by atoms with van der Waals surface area (Å²) in [5, 5.41) is 2.66. The molecule has 5 heteroatoms. The standard InChI is InChI=1S/C15H20BrNO3/c1-10(17-14(19)20-15(2,3)4)8-13(18)11-6-5-7-12(16)9-11/h5-7,9-10H,8H2,1-4H3,(H,17,19). The lowest BCUT2D eigenvalue weighted by atomic mass is 10.0. The number of nitrogens with one attached hydrogen (secondary N) is 1. The molecule has 1 unspecified atom stereocenters. The minimum absolute atomic E-state index is 0.0186. The summed E-state index contributed by atoms with van der Waals surface area (Å²) in [4.78, 5) is 23.7. The fourth-order valence-corrected chi connectivity index (χ4v) is 2.02. The molecule has 20 heavy (non-hydrogen) atoms. The Balaban J connectivity index is 2.52. The molecule has 0 saturated heterocycles. The molecule has 1 aromatic carbocycles.